The van der Waals surface area contributed by atoms with Gasteiger partial charge in [-0.1, -0.05) is 45.9 Å². The van der Waals surface area contributed by atoms with Crippen LogP contribution in [0, 0.1) is 5.82 Å². The van der Waals surface area contributed by atoms with Crippen molar-refractivity contribution in [2.75, 3.05) is 19.4 Å². The normalized spacial score (nSPS) is 12.1. The number of para-hydroxylation sites is 1. The van der Waals surface area contributed by atoms with E-state index in [0.29, 0.717) is 5.69 Å². The number of anilines is 1. The van der Waals surface area contributed by atoms with E-state index in [9.17, 15) is 17.6 Å². The van der Waals surface area contributed by atoms with Gasteiger partial charge in [0.1, 0.15) is 5.82 Å². The summed E-state index contributed by atoms with van der Waals surface area (Å²) in [6, 6.07) is 9.02. The summed E-state index contributed by atoms with van der Waals surface area (Å²) >= 11 is 0. The lowest BCUT2D eigenvalue weighted by Crippen LogP contribution is -2.23. The first-order chi connectivity index (χ1) is 13.0. The minimum absolute atomic E-state index is 0.134. The Hall–Kier alpha value is -2.25. The SMILES string of the molecule is CC(C)c1cccc(C(C)C)c1NC(=O)c1cc(S(=O)(=O)N(C)C)ccc1F. The van der Waals surface area contributed by atoms with Gasteiger partial charge in [-0.15, -0.1) is 0 Å². The van der Waals surface area contributed by atoms with Crippen molar-refractivity contribution in [2.24, 2.45) is 0 Å². The third-order valence-electron chi connectivity index (χ3n) is 4.57. The Morgan fingerprint density at radius 1 is 1.00 bits per heavy atom. The van der Waals surface area contributed by atoms with Crippen molar-refractivity contribution >= 4 is 21.6 Å². The van der Waals surface area contributed by atoms with Gasteiger partial charge in [-0.2, -0.15) is 0 Å². The number of sulfonamides is 1. The molecule has 7 heteroatoms. The smallest absolute Gasteiger partial charge is 0.258 e. The molecule has 0 radical (unpaired) electrons. The van der Waals surface area contributed by atoms with Crippen LogP contribution in [0.5, 0.6) is 0 Å². The van der Waals surface area contributed by atoms with Crippen LogP contribution in [-0.2, 0) is 10.0 Å². The second-order valence-corrected chi connectivity index (χ2v) is 9.66. The monoisotopic (exact) mass is 406 g/mol. The molecule has 0 unspecified atom stereocenters. The van der Waals surface area contributed by atoms with Crippen molar-refractivity contribution in [2.45, 2.75) is 44.4 Å². The zero-order chi connectivity index (χ0) is 21.2. The standard InChI is InChI=1S/C21H27FN2O3S/c1-13(2)16-8-7-9-17(14(3)4)20(16)23-21(25)18-12-15(10-11-19(18)22)28(26,27)24(5)6/h7-14H,1-6H3,(H,23,25). The van der Waals surface area contributed by atoms with Gasteiger partial charge in [0.25, 0.3) is 5.91 Å². The van der Waals surface area contributed by atoms with E-state index in [1.807, 2.05) is 45.9 Å². The molecule has 5 nitrogen and oxygen atoms in total. The molecule has 0 fully saturated rings. The van der Waals surface area contributed by atoms with E-state index in [4.69, 9.17) is 0 Å². The summed E-state index contributed by atoms with van der Waals surface area (Å²) in [6.07, 6.45) is 0. The number of nitrogens with one attached hydrogen (secondary N) is 1. The van der Waals surface area contributed by atoms with Crippen LogP contribution < -0.4 is 5.32 Å². The van der Waals surface area contributed by atoms with E-state index in [1.165, 1.54) is 14.1 Å². The van der Waals surface area contributed by atoms with Crippen molar-refractivity contribution in [3.05, 3.63) is 58.9 Å². The molecule has 1 amide bonds. The molecule has 0 aliphatic heterocycles. The average molecular weight is 407 g/mol. The summed E-state index contributed by atoms with van der Waals surface area (Å²) in [5.74, 6) is -1.15. The summed E-state index contributed by atoms with van der Waals surface area (Å²) in [4.78, 5) is 12.7. The zero-order valence-electron chi connectivity index (χ0n) is 17.1. The highest BCUT2D eigenvalue weighted by Crippen LogP contribution is 2.33. The van der Waals surface area contributed by atoms with Crippen LogP contribution in [0.25, 0.3) is 0 Å². The molecule has 0 saturated heterocycles. The van der Waals surface area contributed by atoms with Crippen molar-refractivity contribution in [1.29, 1.82) is 0 Å². The van der Waals surface area contributed by atoms with Crippen LogP contribution in [0.15, 0.2) is 41.3 Å². The molecule has 2 aromatic carbocycles. The highest BCUT2D eigenvalue weighted by atomic mass is 32.2. The van der Waals surface area contributed by atoms with Crippen molar-refractivity contribution < 1.29 is 17.6 Å². The van der Waals surface area contributed by atoms with Crippen LogP contribution in [0.2, 0.25) is 0 Å². The number of rotatable bonds is 6. The van der Waals surface area contributed by atoms with Crippen molar-refractivity contribution in [3.8, 4) is 0 Å². The fourth-order valence-corrected chi connectivity index (χ4v) is 3.85. The summed E-state index contributed by atoms with van der Waals surface area (Å²) in [6.45, 7) is 8.06. The number of benzene rings is 2. The van der Waals surface area contributed by atoms with E-state index in [-0.39, 0.29) is 22.3 Å². The van der Waals surface area contributed by atoms with Gasteiger partial charge in [0, 0.05) is 19.8 Å². The predicted octanol–water partition coefficient (Wildman–Crippen LogP) is 4.58. The summed E-state index contributed by atoms with van der Waals surface area (Å²) in [5, 5.41) is 2.82. The molecular weight excluding hydrogens is 379 g/mol. The molecule has 0 heterocycles. The second-order valence-electron chi connectivity index (χ2n) is 7.50. The number of amides is 1. The average Bonchev–Trinajstić information content (AvgIpc) is 2.61. The Kier molecular flexibility index (Phi) is 6.62. The van der Waals surface area contributed by atoms with Gasteiger partial charge in [0.2, 0.25) is 10.0 Å². The molecule has 152 valence electrons. The van der Waals surface area contributed by atoms with Gasteiger partial charge in [-0.05, 0) is 41.2 Å². The van der Waals surface area contributed by atoms with Crippen LogP contribution in [0.3, 0.4) is 0 Å². The number of hydrogen-bond acceptors (Lipinski definition) is 3. The first-order valence-corrected chi connectivity index (χ1v) is 10.6. The van der Waals surface area contributed by atoms with E-state index in [0.717, 1.165) is 33.6 Å². The largest absolute Gasteiger partial charge is 0.321 e. The van der Waals surface area contributed by atoms with E-state index in [2.05, 4.69) is 5.32 Å². The zero-order valence-corrected chi connectivity index (χ0v) is 17.9. The first-order valence-electron chi connectivity index (χ1n) is 9.13. The Balaban J connectivity index is 2.53. The second kappa shape index (κ2) is 8.41. The lowest BCUT2D eigenvalue weighted by atomic mass is 9.92. The van der Waals surface area contributed by atoms with Gasteiger partial charge < -0.3 is 5.32 Å². The quantitative estimate of drug-likeness (QED) is 0.764. The Morgan fingerprint density at radius 2 is 1.54 bits per heavy atom. The van der Waals surface area contributed by atoms with Gasteiger partial charge in [-0.3, -0.25) is 4.79 Å². The number of carbonyl (C=O) groups excluding carboxylic acids is 1. The van der Waals surface area contributed by atoms with Crippen LogP contribution >= 0.6 is 0 Å². The number of hydrogen-bond donors (Lipinski definition) is 1. The lowest BCUT2D eigenvalue weighted by molar-refractivity contribution is 0.102. The van der Waals surface area contributed by atoms with Gasteiger partial charge in [-0.25, -0.2) is 17.1 Å². The predicted molar refractivity (Wildman–Crippen MR) is 110 cm³/mol. The van der Waals surface area contributed by atoms with Crippen molar-refractivity contribution in [1.82, 2.24) is 4.31 Å². The summed E-state index contributed by atoms with van der Waals surface area (Å²) in [7, 11) is -1.02. The van der Waals surface area contributed by atoms with Crippen LogP contribution in [-0.4, -0.2) is 32.7 Å². The Morgan fingerprint density at radius 3 is 2.00 bits per heavy atom. The fourth-order valence-electron chi connectivity index (χ4n) is 2.93. The minimum Gasteiger partial charge on any atom is -0.321 e. The molecule has 0 aromatic heterocycles. The molecule has 0 bridgehead atoms. The molecular formula is C21H27FN2O3S. The highest BCUT2D eigenvalue weighted by molar-refractivity contribution is 7.89. The molecule has 0 aliphatic rings. The van der Waals surface area contributed by atoms with Gasteiger partial charge in [0.05, 0.1) is 10.5 Å². The molecule has 2 aromatic rings. The Labute approximate surface area is 166 Å². The first kappa shape index (κ1) is 22.0. The molecule has 2 rings (SSSR count). The van der Waals surface area contributed by atoms with Crippen LogP contribution in [0.4, 0.5) is 10.1 Å². The lowest BCUT2D eigenvalue weighted by Gasteiger charge is -2.20. The van der Waals surface area contributed by atoms with Gasteiger partial charge in [0.15, 0.2) is 0 Å². The maximum absolute atomic E-state index is 14.4. The molecule has 0 saturated carbocycles. The maximum Gasteiger partial charge on any atom is 0.258 e. The molecule has 28 heavy (non-hydrogen) atoms. The number of halogens is 1. The topological polar surface area (TPSA) is 66.5 Å². The van der Waals surface area contributed by atoms with E-state index >= 15 is 0 Å². The van der Waals surface area contributed by atoms with Gasteiger partial charge >= 0.3 is 0 Å². The van der Waals surface area contributed by atoms with E-state index in [1.54, 1.807) is 0 Å². The maximum atomic E-state index is 14.4. The van der Waals surface area contributed by atoms with E-state index < -0.39 is 21.7 Å². The fraction of sp³-hybridized carbons (Fsp3) is 0.381. The summed E-state index contributed by atoms with van der Waals surface area (Å²) < 4.78 is 40.1. The number of nitrogens with zero attached hydrogens (tertiary/aromatic N) is 1. The third kappa shape index (κ3) is 4.42. The Bertz CT molecular complexity index is 957. The van der Waals surface area contributed by atoms with Crippen LogP contribution in [0.1, 0.15) is 61.0 Å². The molecule has 0 atom stereocenters. The molecule has 1 N–H and O–H groups in total. The van der Waals surface area contributed by atoms with Crippen molar-refractivity contribution in [3.63, 3.8) is 0 Å². The minimum atomic E-state index is -3.78. The number of carbonyl (C=O) groups is 1. The molecule has 0 aliphatic carbocycles. The third-order valence-corrected chi connectivity index (χ3v) is 6.38. The molecule has 0 spiro atoms. The highest BCUT2D eigenvalue weighted by Gasteiger charge is 2.23. The summed E-state index contributed by atoms with van der Waals surface area (Å²) in [5.41, 5.74) is 2.23.